The van der Waals surface area contributed by atoms with Crippen LogP contribution < -0.4 is 11.5 Å². The molecule has 2 aromatic rings. The fourth-order valence-electron chi connectivity index (χ4n) is 1.50. The van der Waals surface area contributed by atoms with Crippen LogP contribution in [0.15, 0.2) is 58.3 Å². The third-order valence-corrected chi connectivity index (χ3v) is 4.69. The standard InChI is InChI=1S/C14H16N2S2/c1-10(17-13-6-2-11(15)3-7-13)18-14-8-4-12(16)5-9-14/h2-10H,15-16H2,1H3. The molecule has 2 rings (SSSR count). The molecule has 0 aliphatic carbocycles. The Bertz CT molecular complexity index is 447. The van der Waals surface area contributed by atoms with Crippen molar-refractivity contribution in [1.82, 2.24) is 0 Å². The van der Waals surface area contributed by atoms with Gasteiger partial charge in [0.25, 0.3) is 0 Å². The maximum Gasteiger partial charge on any atom is 0.0568 e. The van der Waals surface area contributed by atoms with Crippen molar-refractivity contribution in [3.05, 3.63) is 48.5 Å². The largest absolute Gasteiger partial charge is 0.399 e. The minimum absolute atomic E-state index is 0.442. The molecule has 18 heavy (non-hydrogen) atoms. The van der Waals surface area contributed by atoms with Gasteiger partial charge in [-0.25, -0.2) is 0 Å². The number of hydrogen-bond acceptors (Lipinski definition) is 4. The molecule has 94 valence electrons. The van der Waals surface area contributed by atoms with Crippen molar-refractivity contribution in [3.8, 4) is 0 Å². The molecule has 0 radical (unpaired) electrons. The first kappa shape index (κ1) is 13.2. The van der Waals surface area contributed by atoms with E-state index < -0.39 is 0 Å². The lowest BCUT2D eigenvalue weighted by Crippen LogP contribution is -1.90. The molecule has 0 amide bonds. The zero-order chi connectivity index (χ0) is 13.0. The quantitative estimate of drug-likeness (QED) is 0.502. The van der Waals surface area contributed by atoms with Gasteiger partial charge in [-0.3, -0.25) is 0 Å². The third kappa shape index (κ3) is 3.89. The van der Waals surface area contributed by atoms with Gasteiger partial charge in [0.05, 0.1) is 4.58 Å². The molecule has 0 aliphatic heterocycles. The second kappa shape index (κ2) is 6.07. The van der Waals surface area contributed by atoms with Crippen LogP contribution in [0.4, 0.5) is 11.4 Å². The third-order valence-electron chi connectivity index (χ3n) is 2.36. The Kier molecular flexibility index (Phi) is 4.44. The van der Waals surface area contributed by atoms with E-state index in [4.69, 9.17) is 11.5 Å². The molecule has 0 spiro atoms. The van der Waals surface area contributed by atoms with Crippen molar-refractivity contribution in [3.63, 3.8) is 0 Å². The van der Waals surface area contributed by atoms with Crippen LogP contribution in [-0.4, -0.2) is 4.58 Å². The molecule has 0 saturated heterocycles. The molecule has 0 saturated carbocycles. The summed E-state index contributed by atoms with van der Waals surface area (Å²) in [5.41, 5.74) is 12.9. The normalized spacial score (nSPS) is 10.8. The van der Waals surface area contributed by atoms with Crippen LogP contribution in [0.2, 0.25) is 0 Å². The first-order valence-electron chi connectivity index (χ1n) is 5.68. The van der Waals surface area contributed by atoms with Crippen LogP contribution in [0, 0.1) is 0 Å². The Balaban J connectivity index is 1.94. The van der Waals surface area contributed by atoms with E-state index >= 15 is 0 Å². The van der Waals surface area contributed by atoms with Gasteiger partial charge < -0.3 is 11.5 Å². The maximum atomic E-state index is 5.67. The number of hydrogen-bond donors (Lipinski definition) is 2. The second-order valence-electron chi connectivity index (χ2n) is 3.94. The van der Waals surface area contributed by atoms with Gasteiger partial charge in [0.1, 0.15) is 0 Å². The van der Waals surface area contributed by atoms with Crippen LogP contribution in [0.3, 0.4) is 0 Å². The highest BCUT2D eigenvalue weighted by Gasteiger charge is 2.06. The van der Waals surface area contributed by atoms with Crippen molar-refractivity contribution in [1.29, 1.82) is 0 Å². The van der Waals surface area contributed by atoms with Crippen molar-refractivity contribution in [2.75, 3.05) is 11.5 Å². The van der Waals surface area contributed by atoms with Gasteiger partial charge in [0.15, 0.2) is 0 Å². The molecule has 0 fully saturated rings. The van der Waals surface area contributed by atoms with Crippen molar-refractivity contribution < 1.29 is 0 Å². The smallest absolute Gasteiger partial charge is 0.0568 e. The summed E-state index contributed by atoms with van der Waals surface area (Å²) in [7, 11) is 0. The van der Waals surface area contributed by atoms with Gasteiger partial charge >= 0.3 is 0 Å². The monoisotopic (exact) mass is 276 g/mol. The Morgan fingerprint density at radius 1 is 0.722 bits per heavy atom. The minimum Gasteiger partial charge on any atom is -0.399 e. The fraction of sp³-hybridized carbons (Fsp3) is 0.143. The lowest BCUT2D eigenvalue weighted by Gasteiger charge is -2.11. The predicted octanol–water partition coefficient (Wildman–Crippen LogP) is 4.08. The summed E-state index contributed by atoms with van der Waals surface area (Å²) < 4.78 is 0.442. The van der Waals surface area contributed by atoms with Gasteiger partial charge in [-0.05, 0) is 55.5 Å². The molecular formula is C14H16N2S2. The number of anilines is 2. The topological polar surface area (TPSA) is 52.0 Å². The van der Waals surface area contributed by atoms with Gasteiger partial charge in [-0.15, -0.1) is 23.5 Å². The van der Waals surface area contributed by atoms with E-state index in [2.05, 4.69) is 31.2 Å². The summed E-state index contributed by atoms with van der Waals surface area (Å²) in [6.07, 6.45) is 0. The molecule has 0 aliphatic rings. The highest BCUT2D eigenvalue weighted by molar-refractivity contribution is 8.17. The van der Waals surface area contributed by atoms with Crippen molar-refractivity contribution in [2.24, 2.45) is 0 Å². The van der Waals surface area contributed by atoms with E-state index in [1.54, 1.807) is 0 Å². The lowest BCUT2D eigenvalue weighted by atomic mass is 10.3. The molecule has 4 N–H and O–H groups in total. The molecule has 0 unspecified atom stereocenters. The van der Waals surface area contributed by atoms with Gasteiger partial charge in [-0.1, -0.05) is 0 Å². The number of rotatable bonds is 4. The van der Waals surface area contributed by atoms with E-state index in [0.29, 0.717) is 4.58 Å². The zero-order valence-corrected chi connectivity index (χ0v) is 11.8. The van der Waals surface area contributed by atoms with Gasteiger partial charge in [-0.2, -0.15) is 0 Å². The van der Waals surface area contributed by atoms with Crippen LogP contribution in [0.25, 0.3) is 0 Å². The molecular weight excluding hydrogens is 260 g/mol. The van der Waals surface area contributed by atoms with Crippen LogP contribution >= 0.6 is 23.5 Å². The number of thioether (sulfide) groups is 2. The van der Waals surface area contributed by atoms with E-state index in [1.165, 1.54) is 9.79 Å². The zero-order valence-electron chi connectivity index (χ0n) is 10.2. The molecule has 0 atom stereocenters. The number of nitrogen functional groups attached to an aromatic ring is 2. The summed E-state index contributed by atoms with van der Waals surface area (Å²) in [5.74, 6) is 0. The van der Waals surface area contributed by atoms with Crippen LogP contribution in [0.1, 0.15) is 6.92 Å². The first-order valence-corrected chi connectivity index (χ1v) is 7.44. The number of benzene rings is 2. The molecule has 0 heterocycles. The Morgan fingerprint density at radius 3 is 1.39 bits per heavy atom. The Labute approximate surface area is 116 Å². The Hall–Kier alpha value is -1.26. The van der Waals surface area contributed by atoms with E-state index in [-0.39, 0.29) is 0 Å². The van der Waals surface area contributed by atoms with E-state index in [0.717, 1.165) is 11.4 Å². The minimum atomic E-state index is 0.442. The van der Waals surface area contributed by atoms with Crippen LogP contribution in [0.5, 0.6) is 0 Å². The molecule has 0 bridgehead atoms. The summed E-state index contributed by atoms with van der Waals surface area (Å²) in [4.78, 5) is 2.47. The number of nitrogens with two attached hydrogens (primary N) is 2. The molecule has 2 aromatic carbocycles. The van der Waals surface area contributed by atoms with E-state index in [9.17, 15) is 0 Å². The average Bonchev–Trinajstić information content (AvgIpc) is 2.35. The summed E-state index contributed by atoms with van der Waals surface area (Å²) in [6, 6.07) is 16.0. The second-order valence-corrected chi connectivity index (χ2v) is 7.07. The Morgan fingerprint density at radius 2 is 1.06 bits per heavy atom. The summed E-state index contributed by atoms with van der Waals surface area (Å²) in [6.45, 7) is 2.20. The van der Waals surface area contributed by atoms with Crippen LogP contribution in [-0.2, 0) is 0 Å². The van der Waals surface area contributed by atoms with Crippen molar-refractivity contribution in [2.45, 2.75) is 21.3 Å². The first-order chi connectivity index (χ1) is 8.63. The SMILES string of the molecule is CC(Sc1ccc(N)cc1)Sc1ccc(N)cc1. The predicted molar refractivity (Wildman–Crippen MR) is 82.9 cm³/mol. The molecule has 0 aromatic heterocycles. The van der Waals surface area contributed by atoms with E-state index in [1.807, 2.05) is 47.8 Å². The van der Waals surface area contributed by atoms with Gasteiger partial charge in [0.2, 0.25) is 0 Å². The summed E-state index contributed by atoms with van der Waals surface area (Å²) >= 11 is 3.65. The average molecular weight is 276 g/mol. The lowest BCUT2D eigenvalue weighted by molar-refractivity contribution is 1.35. The van der Waals surface area contributed by atoms with Gasteiger partial charge in [0, 0.05) is 21.2 Å². The summed E-state index contributed by atoms with van der Waals surface area (Å²) in [5, 5.41) is 0. The van der Waals surface area contributed by atoms with Crippen molar-refractivity contribution >= 4 is 34.9 Å². The molecule has 4 heteroatoms. The maximum absolute atomic E-state index is 5.67. The fourth-order valence-corrected chi connectivity index (χ4v) is 3.71. The highest BCUT2D eigenvalue weighted by Crippen LogP contribution is 2.35. The highest BCUT2D eigenvalue weighted by atomic mass is 32.2. The molecule has 2 nitrogen and oxygen atoms in total.